The van der Waals surface area contributed by atoms with Crippen LogP contribution in [0, 0.1) is 6.92 Å². The zero-order valence-electron chi connectivity index (χ0n) is 10.1. The Labute approximate surface area is 114 Å². The molecule has 1 aromatic carbocycles. The molecular formula is C14H14N2S2. The molecule has 92 valence electrons. The third-order valence-corrected chi connectivity index (χ3v) is 4.82. The fraction of sp³-hybridized carbons (Fsp3) is 0.214. The van der Waals surface area contributed by atoms with Crippen LogP contribution in [0.2, 0.25) is 0 Å². The summed E-state index contributed by atoms with van der Waals surface area (Å²) in [6, 6.07) is 8.47. The molecule has 0 radical (unpaired) electrons. The molecule has 0 saturated heterocycles. The van der Waals surface area contributed by atoms with Gasteiger partial charge in [0.1, 0.15) is 0 Å². The van der Waals surface area contributed by atoms with Gasteiger partial charge in [0, 0.05) is 10.1 Å². The molecule has 3 rings (SSSR count). The van der Waals surface area contributed by atoms with Gasteiger partial charge in [-0.15, -0.1) is 22.7 Å². The van der Waals surface area contributed by atoms with Crippen LogP contribution in [0.15, 0.2) is 35.0 Å². The number of rotatable bonds is 3. The van der Waals surface area contributed by atoms with Crippen LogP contribution in [0.25, 0.3) is 10.1 Å². The summed E-state index contributed by atoms with van der Waals surface area (Å²) in [5.41, 5.74) is 8.57. The predicted octanol–water partition coefficient (Wildman–Crippen LogP) is 3.91. The van der Waals surface area contributed by atoms with E-state index in [2.05, 4.69) is 40.0 Å². The number of hydrogen-bond acceptors (Lipinski definition) is 4. The summed E-state index contributed by atoms with van der Waals surface area (Å²) in [6.45, 7) is 2.01. The smallest absolute Gasteiger partial charge is 0.0898 e. The summed E-state index contributed by atoms with van der Waals surface area (Å²) in [4.78, 5) is 4.47. The quantitative estimate of drug-likeness (QED) is 0.786. The standard InChI is InChI=1S/C14H14N2S2/c1-9-16-13(8-17-9)12(15)6-10-7-18-14-5-3-2-4-11(10)14/h2-5,7-8,12H,6,15H2,1H3. The van der Waals surface area contributed by atoms with E-state index in [1.165, 1.54) is 15.6 Å². The molecule has 0 aliphatic rings. The fourth-order valence-electron chi connectivity index (χ4n) is 2.08. The second-order valence-corrected chi connectivity index (χ2v) is 6.33. The highest BCUT2D eigenvalue weighted by Crippen LogP contribution is 2.28. The van der Waals surface area contributed by atoms with E-state index in [1.807, 2.05) is 6.92 Å². The van der Waals surface area contributed by atoms with E-state index in [0.29, 0.717) is 0 Å². The summed E-state index contributed by atoms with van der Waals surface area (Å²) >= 11 is 3.44. The molecule has 0 aliphatic heterocycles. The lowest BCUT2D eigenvalue weighted by Crippen LogP contribution is -2.13. The van der Waals surface area contributed by atoms with Crippen LogP contribution in [0.3, 0.4) is 0 Å². The van der Waals surface area contributed by atoms with Crippen molar-refractivity contribution < 1.29 is 0 Å². The summed E-state index contributed by atoms with van der Waals surface area (Å²) < 4.78 is 1.33. The second-order valence-electron chi connectivity index (χ2n) is 4.36. The molecule has 0 aliphatic carbocycles. The van der Waals surface area contributed by atoms with E-state index in [9.17, 15) is 0 Å². The maximum atomic E-state index is 6.24. The number of hydrogen-bond donors (Lipinski definition) is 1. The Morgan fingerprint density at radius 3 is 2.83 bits per heavy atom. The van der Waals surface area contributed by atoms with Gasteiger partial charge in [-0.1, -0.05) is 18.2 Å². The molecule has 2 aromatic heterocycles. The first-order valence-electron chi connectivity index (χ1n) is 5.87. The van der Waals surface area contributed by atoms with Gasteiger partial charge in [0.25, 0.3) is 0 Å². The summed E-state index contributed by atoms with van der Waals surface area (Å²) in [7, 11) is 0. The fourth-order valence-corrected chi connectivity index (χ4v) is 3.74. The molecule has 3 aromatic rings. The number of nitrogens with two attached hydrogens (primary N) is 1. The average molecular weight is 274 g/mol. The predicted molar refractivity (Wildman–Crippen MR) is 79.3 cm³/mol. The normalized spacial score (nSPS) is 13.0. The van der Waals surface area contributed by atoms with E-state index in [0.717, 1.165) is 17.1 Å². The molecule has 0 saturated carbocycles. The maximum Gasteiger partial charge on any atom is 0.0898 e. The molecular weight excluding hydrogens is 260 g/mol. The number of thiophene rings is 1. The third-order valence-electron chi connectivity index (χ3n) is 3.02. The molecule has 4 heteroatoms. The van der Waals surface area contributed by atoms with Crippen LogP contribution in [0.4, 0.5) is 0 Å². The first kappa shape index (κ1) is 11.8. The number of benzene rings is 1. The lowest BCUT2D eigenvalue weighted by Gasteiger charge is -2.07. The number of fused-ring (bicyclic) bond motifs is 1. The Balaban J connectivity index is 1.88. The van der Waals surface area contributed by atoms with E-state index in [-0.39, 0.29) is 6.04 Å². The van der Waals surface area contributed by atoms with Gasteiger partial charge in [-0.3, -0.25) is 0 Å². The van der Waals surface area contributed by atoms with Crippen molar-refractivity contribution in [2.75, 3.05) is 0 Å². The number of nitrogens with zero attached hydrogens (tertiary/aromatic N) is 1. The molecule has 1 unspecified atom stereocenters. The minimum atomic E-state index is -0.00652. The molecule has 0 fully saturated rings. The molecule has 0 bridgehead atoms. The minimum Gasteiger partial charge on any atom is -0.322 e. The number of thiazole rings is 1. The SMILES string of the molecule is Cc1nc(C(N)Cc2csc3ccccc23)cs1. The van der Waals surface area contributed by atoms with Gasteiger partial charge >= 0.3 is 0 Å². The molecule has 2 heterocycles. The lowest BCUT2D eigenvalue weighted by molar-refractivity contribution is 0.704. The van der Waals surface area contributed by atoms with Crippen LogP contribution >= 0.6 is 22.7 Å². The van der Waals surface area contributed by atoms with Crippen molar-refractivity contribution in [3.8, 4) is 0 Å². The zero-order valence-corrected chi connectivity index (χ0v) is 11.7. The van der Waals surface area contributed by atoms with Gasteiger partial charge in [0.15, 0.2) is 0 Å². The van der Waals surface area contributed by atoms with E-state index in [1.54, 1.807) is 22.7 Å². The van der Waals surface area contributed by atoms with Crippen molar-refractivity contribution in [2.45, 2.75) is 19.4 Å². The minimum absolute atomic E-state index is 0.00652. The van der Waals surface area contributed by atoms with Crippen molar-refractivity contribution >= 4 is 32.8 Å². The Hall–Kier alpha value is -1.23. The molecule has 1 atom stereocenters. The second kappa shape index (κ2) is 4.80. The van der Waals surface area contributed by atoms with Crippen molar-refractivity contribution in [2.24, 2.45) is 5.73 Å². The van der Waals surface area contributed by atoms with Crippen molar-refractivity contribution in [3.63, 3.8) is 0 Å². The topological polar surface area (TPSA) is 38.9 Å². The van der Waals surface area contributed by atoms with Gasteiger partial charge in [0.05, 0.1) is 16.7 Å². The Morgan fingerprint density at radius 2 is 2.06 bits per heavy atom. The highest BCUT2D eigenvalue weighted by Gasteiger charge is 2.12. The first-order valence-corrected chi connectivity index (χ1v) is 7.62. The Bertz CT molecular complexity index is 669. The Kier molecular flexibility index (Phi) is 3.16. The van der Waals surface area contributed by atoms with Crippen LogP contribution < -0.4 is 5.73 Å². The number of aromatic nitrogens is 1. The average Bonchev–Trinajstić information content (AvgIpc) is 2.97. The van der Waals surface area contributed by atoms with E-state index < -0.39 is 0 Å². The summed E-state index contributed by atoms with van der Waals surface area (Å²) in [5, 5.41) is 6.68. The molecule has 0 amide bonds. The summed E-state index contributed by atoms with van der Waals surface area (Å²) in [6.07, 6.45) is 0.854. The molecule has 18 heavy (non-hydrogen) atoms. The maximum absolute atomic E-state index is 6.24. The van der Waals surface area contributed by atoms with Gasteiger partial charge in [0.2, 0.25) is 0 Å². The third kappa shape index (κ3) is 2.19. The first-order chi connectivity index (χ1) is 8.74. The van der Waals surface area contributed by atoms with Gasteiger partial charge < -0.3 is 5.73 Å². The lowest BCUT2D eigenvalue weighted by atomic mass is 10.0. The number of aryl methyl sites for hydroxylation is 1. The Morgan fingerprint density at radius 1 is 1.22 bits per heavy atom. The molecule has 0 spiro atoms. The van der Waals surface area contributed by atoms with Crippen molar-refractivity contribution in [1.29, 1.82) is 0 Å². The van der Waals surface area contributed by atoms with Crippen molar-refractivity contribution in [1.82, 2.24) is 4.98 Å². The molecule has 2 nitrogen and oxygen atoms in total. The van der Waals surface area contributed by atoms with Crippen molar-refractivity contribution in [3.05, 3.63) is 51.3 Å². The molecule has 2 N–H and O–H groups in total. The highest BCUT2D eigenvalue weighted by molar-refractivity contribution is 7.17. The van der Waals surface area contributed by atoms with Crippen LogP contribution in [-0.4, -0.2) is 4.98 Å². The van der Waals surface area contributed by atoms with Gasteiger partial charge in [-0.2, -0.15) is 0 Å². The van der Waals surface area contributed by atoms with E-state index in [4.69, 9.17) is 5.73 Å². The van der Waals surface area contributed by atoms with Crippen LogP contribution in [-0.2, 0) is 6.42 Å². The van der Waals surface area contributed by atoms with E-state index >= 15 is 0 Å². The monoisotopic (exact) mass is 274 g/mol. The van der Waals surface area contributed by atoms with Crippen LogP contribution in [0.1, 0.15) is 22.3 Å². The summed E-state index contributed by atoms with van der Waals surface area (Å²) in [5.74, 6) is 0. The van der Waals surface area contributed by atoms with Crippen LogP contribution in [0.5, 0.6) is 0 Å². The highest BCUT2D eigenvalue weighted by atomic mass is 32.1. The zero-order chi connectivity index (χ0) is 12.5. The van der Waals surface area contributed by atoms with Gasteiger partial charge in [-0.05, 0) is 35.7 Å². The van der Waals surface area contributed by atoms with Gasteiger partial charge in [-0.25, -0.2) is 4.98 Å². The largest absolute Gasteiger partial charge is 0.322 e.